The minimum Gasteiger partial charge on any atom is -0.872 e. The molecular weight excluding hydrogens is 399 g/mol. The number of benzene rings is 2. The number of carbonyl (C=O) groups is 2. The monoisotopic (exact) mass is 424 g/mol. The van der Waals surface area contributed by atoms with Gasteiger partial charge >= 0.3 is 0 Å². The first-order valence-corrected chi connectivity index (χ1v) is 10.6. The zero-order valence-electron chi connectivity index (χ0n) is 17.2. The predicted octanol–water partition coefficient (Wildman–Crippen LogP) is 0.355. The van der Waals surface area contributed by atoms with Crippen LogP contribution in [-0.2, 0) is 14.3 Å². The van der Waals surface area contributed by atoms with Crippen LogP contribution in [0, 0.1) is 5.82 Å². The van der Waals surface area contributed by atoms with Gasteiger partial charge in [0.05, 0.1) is 25.8 Å². The lowest BCUT2D eigenvalue weighted by Crippen LogP contribution is -3.14. The summed E-state index contributed by atoms with van der Waals surface area (Å²) >= 11 is 0. The number of Topliss-reactive ketones (excluding diaryl/α,β-unsaturated/α-hetero) is 1. The molecule has 1 amide bonds. The number of likely N-dealkylation sites (tertiary alicyclic amines) is 1. The molecule has 7 heteroatoms. The van der Waals surface area contributed by atoms with Gasteiger partial charge in [-0.2, -0.15) is 0 Å². The van der Waals surface area contributed by atoms with Gasteiger partial charge in [0.15, 0.2) is 0 Å². The van der Waals surface area contributed by atoms with Gasteiger partial charge in [0.25, 0.3) is 5.91 Å². The fourth-order valence-electron chi connectivity index (χ4n) is 4.28. The van der Waals surface area contributed by atoms with Crippen molar-refractivity contribution in [1.29, 1.82) is 0 Å². The molecule has 2 fully saturated rings. The van der Waals surface area contributed by atoms with Gasteiger partial charge in [-0.05, 0) is 11.6 Å². The number of carbonyl (C=O) groups excluding carboxylic acids is 2. The second kappa shape index (κ2) is 9.41. The summed E-state index contributed by atoms with van der Waals surface area (Å²) in [6, 6.07) is 13.3. The third kappa shape index (κ3) is 4.38. The quantitative estimate of drug-likeness (QED) is 0.413. The first kappa shape index (κ1) is 21.2. The van der Waals surface area contributed by atoms with Crippen LogP contribution in [0.1, 0.15) is 23.6 Å². The summed E-state index contributed by atoms with van der Waals surface area (Å²) in [4.78, 5) is 28.5. The van der Waals surface area contributed by atoms with Crippen molar-refractivity contribution in [3.63, 3.8) is 0 Å². The molecule has 1 atom stereocenters. The minimum absolute atomic E-state index is 0.166. The molecule has 4 rings (SSSR count). The number of ketones is 1. The number of morpholine rings is 1. The van der Waals surface area contributed by atoms with Crippen molar-refractivity contribution in [1.82, 2.24) is 4.90 Å². The Bertz CT molecular complexity index is 986. The minimum atomic E-state index is -1.02. The van der Waals surface area contributed by atoms with Gasteiger partial charge in [-0.15, -0.1) is 0 Å². The van der Waals surface area contributed by atoms with E-state index >= 15 is 0 Å². The van der Waals surface area contributed by atoms with Crippen molar-refractivity contribution >= 4 is 17.4 Å². The van der Waals surface area contributed by atoms with Crippen LogP contribution in [-0.4, -0.2) is 56.0 Å². The normalized spacial score (nSPS) is 21.6. The fraction of sp³-hybridized carbons (Fsp3) is 0.333. The van der Waals surface area contributed by atoms with E-state index in [4.69, 9.17) is 4.74 Å². The summed E-state index contributed by atoms with van der Waals surface area (Å²) in [6.07, 6.45) is 0.645. The van der Waals surface area contributed by atoms with Crippen molar-refractivity contribution in [3.8, 4) is 0 Å². The van der Waals surface area contributed by atoms with Crippen LogP contribution in [0.25, 0.3) is 5.76 Å². The number of quaternary nitrogens is 1. The van der Waals surface area contributed by atoms with E-state index in [1.807, 2.05) is 0 Å². The largest absolute Gasteiger partial charge is 0.872 e. The smallest absolute Gasteiger partial charge is 0.295 e. The molecule has 0 saturated carbocycles. The summed E-state index contributed by atoms with van der Waals surface area (Å²) in [6.45, 7) is 4.30. The van der Waals surface area contributed by atoms with Crippen LogP contribution in [0.5, 0.6) is 0 Å². The lowest BCUT2D eigenvalue weighted by molar-refractivity contribution is -0.908. The van der Waals surface area contributed by atoms with Gasteiger partial charge in [0.1, 0.15) is 18.9 Å². The van der Waals surface area contributed by atoms with Gasteiger partial charge in [-0.25, -0.2) is 4.39 Å². The Kier molecular flexibility index (Phi) is 6.44. The number of amides is 1. The number of ether oxygens (including phenoxy) is 1. The Morgan fingerprint density at radius 3 is 2.45 bits per heavy atom. The first-order valence-electron chi connectivity index (χ1n) is 10.6. The third-order valence-corrected chi connectivity index (χ3v) is 5.89. The van der Waals surface area contributed by atoms with E-state index in [0.29, 0.717) is 25.2 Å². The lowest BCUT2D eigenvalue weighted by atomic mass is 9.95. The highest BCUT2D eigenvalue weighted by Gasteiger charge is 2.44. The van der Waals surface area contributed by atoms with E-state index in [1.165, 1.54) is 21.9 Å². The molecule has 0 bridgehead atoms. The Labute approximate surface area is 180 Å². The fourth-order valence-corrected chi connectivity index (χ4v) is 4.28. The molecular formula is C24H25FN2O4. The zero-order chi connectivity index (χ0) is 21.8. The Morgan fingerprint density at radius 2 is 1.74 bits per heavy atom. The van der Waals surface area contributed by atoms with E-state index < -0.39 is 29.3 Å². The van der Waals surface area contributed by atoms with E-state index in [0.717, 1.165) is 19.6 Å². The van der Waals surface area contributed by atoms with Crippen molar-refractivity contribution in [2.45, 2.75) is 12.5 Å². The van der Waals surface area contributed by atoms with E-state index in [1.54, 1.807) is 42.5 Å². The Hall–Kier alpha value is -3.03. The number of nitrogens with one attached hydrogen (secondary N) is 1. The van der Waals surface area contributed by atoms with Crippen LogP contribution in [0.4, 0.5) is 4.39 Å². The topological polar surface area (TPSA) is 74.1 Å². The van der Waals surface area contributed by atoms with Crippen LogP contribution in [0.15, 0.2) is 60.2 Å². The highest BCUT2D eigenvalue weighted by molar-refractivity contribution is 6.46. The number of halogens is 1. The lowest BCUT2D eigenvalue weighted by Gasteiger charge is -2.29. The molecule has 2 saturated heterocycles. The third-order valence-electron chi connectivity index (χ3n) is 5.89. The standard InChI is InChI=1S/C24H25FN2O4/c25-19-10-5-4-9-18(19)21-20(22(28)17-7-2-1-3-8-17)23(29)24(30)27(21)12-6-11-26-13-15-31-16-14-26/h1-5,7-10,21,28H,6,11-16H2/b22-20+. The molecule has 2 aliphatic heterocycles. The van der Waals surface area contributed by atoms with Crippen molar-refractivity contribution < 1.29 is 28.7 Å². The number of hydrogen-bond donors (Lipinski definition) is 1. The zero-order valence-corrected chi connectivity index (χ0v) is 17.2. The van der Waals surface area contributed by atoms with Gasteiger partial charge in [0, 0.05) is 24.1 Å². The molecule has 1 unspecified atom stereocenters. The Balaban J connectivity index is 1.67. The Morgan fingerprint density at radius 1 is 1.06 bits per heavy atom. The maximum atomic E-state index is 14.7. The van der Waals surface area contributed by atoms with E-state index in [2.05, 4.69) is 0 Å². The molecule has 0 radical (unpaired) electrons. The average molecular weight is 424 g/mol. The van der Waals surface area contributed by atoms with Gasteiger partial charge in [0.2, 0.25) is 5.78 Å². The van der Waals surface area contributed by atoms with Crippen LogP contribution < -0.4 is 10.0 Å². The van der Waals surface area contributed by atoms with Crippen LogP contribution >= 0.6 is 0 Å². The van der Waals surface area contributed by atoms with Gasteiger partial charge < -0.3 is 19.6 Å². The molecule has 6 nitrogen and oxygen atoms in total. The van der Waals surface area contributed by atoms with Crippen molar-refractivity contribution in [2.75, 3.05) is 39.4 Å². The predicted molar refractivity (Wildman–Crippen MR) is 110 cm³/mol. The summed E-state index contributed by atoms with van der Waals surface area (Å²) in [5.41, 5.74) is 0.291. The maximum Gasteiger partial charge on any atom is 0.295 e. The number of nitrogens with zero attached hydrogens (tertiary/aromatic N) is 1. The molecule has 0 aliphatic carbocycles. The molecule has 2 heterocycles. The summed E-state index contributed by atoms with van der Waals surface area (Å²) < 4.78 is 20.1. The molecule has 0 aromatic heterocycles. The molecule has 31 heavy (non-hydrogen) atoms. The van der Waals surface area contributed by atoms with Gasteiger partial charge in [-0.1, -0.05) is 54.3 Å². The van der Waals surface area contributed by atoms with Crippen LogP contribution in [0.2, 0.25) is 0 Å². The number of rotatable bonds is 6. The molecule has 2 aromatic rings. The summed E-state index contributed by atoms with van der Waals surface area (Å²) in [7, 11) is 0. The molecule has 2 aromatic carbocycles. The van der Waals surface area contributed by atoms with E-state index in [-0.39, 0.29) is 17.7 Å². The number of hydrogen-bond acceptors (Lipinski definition) is 4. The highest BCUT2D eigenvalue weighted by atomic mass is 19.1. The highest BCUT2D eigenvalue weighted by Crippen LogP contribution is 2.39. The molecule has 0 spiro atoms. The van der Waals surface area contributed by atoms with Crippen molar-refractivity contribution in [2.24, 2.45) is 0 Å². The van der Waals surface area contributed by atoms with Crippen LogP contribution in [0.3, 0.4) is 0 Å². The molecule has 1 N–H and O–H groups in total. The average Bonchev–Trinajstić information content (AvgIpc) is 3.05. The summed E-state index contributed by atoms with van der Waals surface area (Å²) in [5, 5.41) is 13.2. The first-order chi connectivity index (χ1) is 15.1. The SMILES string of the molecule is O=C1C(=O)N(CCC[NH+]2CCOCC2)C(c2ccccc2F)/C1=C(\[O-])c1ccccc1. The van der Waals surface area contributed by atoms with E-state index in [9.17, 15) is 19.1 Å². The second-order valence-electron chi connectivity index (χ2n) is 7.83. The summed E-state index contributed by atoms with van der Waals surface area (Å²) in [5.74, 6) is -2.67. The van der Waals surface area contributed by atoms with Crippen molar-refractivity contribution in [3.05, 3.63) is 77.1 Å². The molecule has 2 aliphatic rings. The second-order valence-corrected chi connectivity index (χ2v) is 7.83. The van der Waals surface area contributed by atoms with Gasteiger partial charge in [-0.3, -0.25) is 9.59 Å². The molecule has 162 valence electrons. The maximum absolute atomic E-state index is 14.7.